The lowest BCUT2D eigenvalue weighted by molar-refractivity contribution is 0.698. The van der Waals surface area contributed by atoms with E-state index in [-0.39, 0.29) is 0 Å². The summed E-state index contributed by atoms with van der Waals surface area (Å²) in [5, 5.41) is 13.5. The minimum atomic E-state index is 0.427. The zero-order valence-electron chi connectivity index (χ0n) is 13.6. The van der Waals surface area contributed by atoms with E-state index in [9.17, 15) is 0 Å². The summed E-state index contributed by atoms with van der Waals surface area (Å²) in [7, 11) is 0. The molecule has 5 heteroatoms. The second kappa shape index (κ2) is 8.22. The highest BCUT2D eigenvalue weighted by atomic mass is 15.2. The van der Waals surface area contributed by atoms with Crippen molar-refractivity contribution in [2.45, 2.75) is 33.2 Å². The molecule has 1 aromatic carbocycles. The second-order valence-corrected chi connectivity index (χ2v) is 5.47. The monoisotopic (exact) mass is 299 g/mol. The number of hydrogen-bond acceptors (Lipinski definition) is 2. The molecular weight excluding hydrogens is 274 g/mol. The van der Waals surface area contributed by atoms with E-state index < -0.39 is 0 Å². The molecule has 0 saturated carbocycles. The molecule has 0 aliphatic heterocycles. The molecule has 1 unspecified atom stereocenters. The number of aryl methyl sites for hydroxylation is 1. The third kappa shape index (κ3) is 4.91. The van der Waals surface area contributed by atoms with Gasteiger partial charge in [-0.05, 0) is 31.4 Å². The molecule has 22 heavy (non-hydrogen) atoms. The molecule has 0 aliphatic carbocycles. The summed E-state index contributed by atoms with van der Waals surface area (Å²) in [5.41, 5.74) is 3.64. The van der Waals surface area contributed by atoms with Crippen LogP contribution in [0.2, 0.25) is 0 Å². The quantitative estimate of drug-likeness (QED) is 0.567. The molecule has 0 spiro atoms. The first-order chi connectivity index (χ1) is 10.7. The van der Waals surface area contributed by atoms with Gasteiger partial charge in [0.25, 0.3) is 0 Å². The van der Waals surface area contributed by atoms with Gasteiger partial charge in [-0.1, -0.05) is 36.8 Å². The normalized spacial score (nSPS) is 13.0. The largest absolute Gasteiger partial charge is 0.357 e. The van der Waals surface area contributed by atoms with Gasteiger partial charge in [-0.15, -0.1) is 0 Å². The average molecular weight is 299 g/mol. The lowest BCUT2D eigenvalue weighted by Gasteiger charge is -2.16. The molecule has 1 atom stereocenters. The molecule has 0 saturated heterocycles. The van der Waals surface area contributed by atoms with Crippen molar-refractivity contribution < 1.29 is 0 Å². The maximum Gasteiger partial charge on any atom is 0.191 e. The highest BCUT2D eigenvalue weighted by Gasteiger charge is 2.07. The van der Waals surface area contributed by atoms with Gasteiger partial charge in [-0.25, -0.2) is 4.99 Å². The summed E-state index contributed by atoms with van der Waals surface area (Å²) in [6.45, 7) is 8.69. The second-order valence-electron chi connectivity index (χ2n) is 5.47. The fourth-order valence-electron chi connectivity index (χ4n) is 2.22. The van der Waals surface area contributed by atoms with Crippen molar-refractivity contribution in [3.63, 3.8) is 0 Å². The molecular formula is C17H25N5. The molecule has 0 aliphatic rings. The molecule has 5 nitrogen and oxygen atoms in total. The van der Waals surface area contributed by atoms with Crippen molar-refractivity contribution in [1.82, 2.24) is 20.8 Å². The van der Waals surface area contributed by atoms with Crippen LogP contribution in [0, 0.1) is 6.92 Å². The summed E-state index contributed by atoms with van der Waals surface area (Å²) >= 11 is 0. The Morgan fingerprint density at radius 2 is 2.18 bits per heavy atom. The number of aromatic nitrogens is 2. The summed E-state index contributed by atoms with van der Waals surface area (Å²) in [6.07, 6.45) is 1.74. The number of nitrogens with zero attached hydrogens (tertiary/aromatic N) is 2. The van der Waals surface area contributed by atoms with Crippen molar-refractivity contribution in [1.29, 1.82) is 0 Å². The van der Waals surface area contributed by atoms with E-state index in [1.807, 2.05) is 6.07 Å². The number of rotatable bonds is 6. The van der Waals surface area contributed by atoms with Crippen LogP contribution in [-0.2, 0) is 6.54 Å². The van der Waals surface area contributed by atoms with Crippen LogP contribution in [0.4, 0.5) is 0 Å². The number of nitrogens with one attached hydrogen (secondary N) is 3. The van der Waals surface area contributed by atoms with E-state index in [1.165, 1.54) is 11.1 Å². The van der Waals surface area contributed by atoms with E-state index in [4.69, 9.17) is 0 Å². The van der Waals surface area contributed by atoms with E-state index in [2.05, 4.69) is 70.9 Å². The predicted molar refractivity (Wildman–Crippen MR) is 91.0 cm³/mol. The van der Waals surface area contributed by atoms with E-state index in [1.54, 1.807) is 6.20 Å². The Hall–Kier alpha value is -2.30. The Morgan fingerprint density at radius 1 is 1.32 bits per heavy atom. The Morgan fingerprint density at radius 3 is 2.86 bits per heavy atom. The van der Waals surface area contributed by atoms with E-state index in [0.717, 1.165) is 24.7 Å². The van der Waals surface area contributed by atoms with Crippen molar-refractivity contribution in [2.75, 3.05) is 13.1 Å². The van der Waals surface area contributed by atoms with Crippen LogP contribution in [0.15, 0.2) is 41.5 Å². The minimum absolute atomic E-state index is 0.427. The first-order valence-corrected chi connectivity index (χ1v) is 7.76. The van der Waals surface area contributed by atoms with Gasteiger partial charge >= 0.3 is 0 Å². The Balaban J connectivity index is 1.92. The van der Waals surface area contributed by atoms with Crippen LogP contribution < -0.4 is 10.6 Å². The minimum Gasteiger partial charge on any atom is -0.357 e. The molecule has 0 bridgehead atoms. The Bertz CT molecular complexity index is 589. The summed E-state index contributed by atoms with van der Waals surface area (Å²) in [6, 6.07) is 10.6. The number of H-pyrrole nitrogens is 1. The SMILES string of the molecule is CCNC(=NCc1ccn[nH]1)NCC(C)c1cccc(C)c1. The number of aromatic amines is 1. The lowest BCUT2D eigenvalue weighted by atomic mass is 9.99. The van der Waals surface area contributed by atoms with Gasteiger partial charge in [0.15, 0.2) is 5.96 Å². The molecule has 1 aromatic heterocycles. The van der Waals surface area contributed by atoms with Crippen molar-refractivity contribution in [3.8, 4) is 0 Å². The van der Waals surface area contributed by atoms with Gasteiger partial charge in [0.1, 0.15) is 0 Å². The number of hydrogen-bond donors (Lipinski definition) is 3. The van der Waals surface area contributed by atoms with Gasteiger partial charge in [0.05, 0.1) is 12.2 Å². The first kappa shape index (κ1) is 16.1. The van der Waals surface area contributed by atoms with Crippen LogP contribution >= 0.6 is 0 Å². The maximum absolute atomic E-state index is 4.56. The molecule has 2 rings (SSSR count). The van der Waals surface area contributed by atoms with Crippen LogP contribution in [0.5, 0.6) is 0 Å². The first-order valence-electron chi connectivity index (χ1n) is 7.76. The molecule has 0 amide bonds. The molecule has 0 fully saturated rings. The highest BCUT2D eigenvalue weighted by molar-refractivity contribution is 5.79. The van der Waals surface area contributed by atoms with Gasteiger partial charge < -0.3 is 10.6 Å². The predicted octanol–water partition coefficient (Wildman–Crippen LogP) is 2.58. The molecule has 3 N–H and O–H groups in total. The lowest BCUT2D eigenvalue weighted by Crippen LogP contribution is -2.39. The standard InChI is InChI=1S/C17H25N5/c1-4-18-17(20-12-16-8-9-21-22-16)19-11-14(3)15-7-5-6-13(2)10-15/h5-10,14H,4,11-12H2,1-3H3,(H,21,22)(H2,18,19,20). The van der Waals surface area contributed by atoms with E-state index in [0.29, 0.717) is 12.5 Å². The maximum atomic E-state index is 4.56. The Kier molecular flexibility index (Phi) is 6.01. The summed E-state index contributed by atoms with van der Waals surface area (Å²) < 4.78 is 0. The Labute approximate surface area is 132 Å². The molecule has 118 valence electrons. The van der Waals surface area contributed by atoms with Gasteiger partial charge in [0.2, 0.25) is 0 Å². The zero-order chi connectivity index (χ0) is 15.8. The van der Waals surface area contributed by atoms with Crippen LogP contribution in [0.3, 0.4) is 0 Å². The zero-order valence-corrected chi connectivity index (χ0v) is 13.6. The van der Waals surface area contributed by atoms with Crippen LogP contribution in [-0.4, -0.2) is 29.2 Å². The van der Waals surface area contributed by atoms with Crippen molar-refractivity contribution in [2.24, 2.45) is 4.99 Å². The molecule has 2 aromatic rings. The third-order valence-electron chi connectivity index (χ3n) is 3.50. The average Bonchev–Trinajstić information content (AvgIpc) is 3.03. The summed E-state index contributed by atoms with van der Waals surface area (Å²) in [4.78, 5) is 4.56. The molecule has 0 radical (unpaired) electrons. The van der Waals surface area contributed by atoms with Crippen LogP contribution in [0.25, 0.3) is 0 Å². The molecule has 1 heterocycles. The smallest absolute Gasteiger partial charge is 0.191 e. The summed E-state index contributed by atoms with van der Waals surface area (Å²) in [5.74, 6) is 1.26. The van der Waals surface area contributed by atoms with Gasteiger partial charge in [-0.2, -0.15) is 5.10 Å². The van der Waals surface area contributed by atoms with Crippen molar-refractivity contribution in [3.05, 3.63) is 53.3 Å². The highest BCUT2D eigenvalue weighted by Crippen LogP contribution is 2.15. The van der Waals surface area contributed by atoms with Crippen molar-refractivity contribution >= 4 is 5.96 Å². The number of guanidine groups is 1. The van der Waals surface area contributed by atoms with E-state index >= 15 is 0 Å². The third-order valence-corrected chi connectivity index (χ3v) is 3.50. The van der Waals surface area contributed by atoms with Gasteiger partial charge in [-0.3, -0.25) is 5.10 Å². The topological polar surface area (TPSA) is 65.1 Å². The van der Waals surface area contributed by atoms with Gasteiger partial charge in [0, 0.05) is 19.3 Å². The van der Waals surface area contributed by atoms with Crippen LogP contribution in [0.1, 0.15) is 36.6 Å². The number of aliphatic imine (C=N–C) groups is 1. The number of benzene rings is 1. The fraction of sp³-hybridized carbons (Fsp3) is 0.412. The fourth-order valence-corrected chi connectivity index (χ4v) is 2.22.